The van der Waals surface area contributed by atoms with Gasteiger partial charge in [0.05, 0.1) is 11.9 Å². The Hall–Kier alpha value is -3.20. The first-order valence-corrected chi connectivity index (χ1v) is 9.17. The normalized spacial score (nSPS) is 23.7. The van der Waals surface area contributed by atoms with Crippen LogP contribution in [0.3, 0.4) is 0 Å². The Bertz CT molecular complexity index is 1150. The van der Waals surface area contributed by atoms with Crippen LogP contribution in [0.4, 0.5) is 11.8 Å². The molecule has 6 rings (SSSR count). The molecule has 0 bridgehead atoms. The second kappa shape index (κ2) is 5.40. The van der Waals surface area contributed by atoms with Crippen LogP contribution in [0.15, 0.2) is 36.8 Å². The quantitative estimate of drug-likeness (QED) is 0.501. The van der Waals surface area contributed by atoms with Gasteiger partial charge in [0.2, 0.25) is 5.95 Å². The van der Waals surface area contributed by atoms with Gasteiger partial charge >= 0.3 is 0 Å². The molecule has 1 saturated heterocycles. The number of anilines is 2. The maximum atomic E-state index is 4.72. The van der Waals surface area contributed by atoms with Gasteiger partial charge in [0.15, 0.2) is 11.5 Å². The molecular formula is C18H19N9. The van der Waals surface area contributed by atoms with E-state index in [4.69, 9.17) is 9.97 Å². The molecule has 0 amide bonds. The van der Waals surface area contributed by atoms with Crippen molar-refractivity contribution in [3.8, 4) is 11.3 Å². The van der Waals surface area contributed by atoms with Crippen LogP contribution in [-0.4, -0.2) is 55.4 Å². The van der Waals surface area contributed by atoms with E-state index < -0.39 is 0 Å². The molecule has 4 aromatic heterocycles. The Morgan fingerprint density at radius 1 is 1.07 bits per heavy atom. The van der Waals surface area contributed by atoms with Crippen LogP contribution in [0.2, 0.25) is 0 Å². The molecule has 1 unspecified atom stereocenters. The third kappa shape index (κ3) is 2.21. The van der Waals surface area contributed by atoms with Gasteiger partial charge in [0, 0.05) is 50.2 Å². The van der Waals surface area contributed by atoms with Crippen molar-refractivity contribution >= 4 is 22.9 Å². The van der Waals surface area contributed by atoms with Gasteiger partial charge in [0.25, 0.3) is 0 Å². The monoisotopic (exact) mass is 361 g/mol. The second-order valence-corrected chi connectivity index (χ2v) is 7.16. The first-order chi connectivity index (χ1) is 13.3. The molecule has 27 heavy (non-hydrogen) atoms. The zero-order valence-corrected chi connectivity index (χ0v) is 14.8. The van der Waals surface area contributed by atoms with Crippen LogP contribution in [0.25, 0.3) is 22.4 Å². The number of nitrogens with zero attached hydrogens (tertiary/aromatic N) is 6. The summed E-state index contributed by atoms with van der Waals surface area (Å²) in [5, 5.41) is 19.0. The highest BCUT2D eigenvalue weighted by atomic mass is 15.3. The molecule has 136 valence electrons. The zero-order chi connectivity index (χ0) is 18.0. The Labute approximate surface area is 154 Å². The largest absolute Gasteiger partial charge is 0.371 e. The highest BCUT2D eigenvalue weighted by molar-refractivity contribution is 5.87. The number of hydrogen-bond donors (Lipinski definition) is 3. The summed E-state index contributed by atoms with van der Waals surface area (Å²) in [6.07, 6.45) is 5.61. The number of piperidine rings is 1. The first kappa shape index (κ1) is 14.9. The predicted molar refractivity (Wildman–Crippen MR) is 102 cm³/mol. The van der Waals surface area contributed by atoms with E-state index in [0.29, 0.717) is 23.8 Å². The fourth-order valence-electron chi connectivity index (χ4n) is 4.21. The minimum Gasteiger partial charge on any atom is -0.371 e. The average Bonchev–Trinajstić information content (AvgIpc) is 3.20. The Morgan fingerprint density at radius 3 is 2.78 bits per heavy atom. The molecule has 3 N–H and O–H groups in total. The minimum absolute atomic E-state index is 0.481. The number of nitrogens with one attached hydrogen (secondary N) is 3. The van der Waals surface area contributed by atoms with Gasteiger partial charge in [0.1, 0.15) is 5.52 Å². The van der Waals surface area contributed by atoms with Gasteiger partial charge in [-0.05, 0) is 24.0 Å². The van der Waals surface area contributed by atoms with Gasteiger partial charge in [-0.25, -0.2) is 14.0 Å². The molecule has 9 heteroatoms. The molecule has 2 aliphatic rings. The molecule has 1 aliphatic heterocycles. The van der Waals surface area contributed by atoms with E-state index >= 15 is 0 Å². The first-order valence-electron chi connectivity index (χ1n) is 9.17. The maximum Gasteiger partial charge on any atom is 0.243 e. The lowest BCUT2D eigenvalue weighted by Crippen LogP contribution is -2.22. The van der Waals surface area contributed by atoms with Gasteiger partial charge in [-0.2, -0.15) is 10.1 Å². The molecular weight excluding hydrogens is 342 g/mol. The van der Waals surface area contributed by atoms with E-state index in [-0.39, 0.29) is 0 Å². The summed E-state index contributed by atoms with van der Waals surface area (Å²) in [4.78, 5) is 9.42. The van der Waals surface area contributed by atoms with Crippen LogP contribution in [0, 0.1) is 11.8 Å². The molecule has 5 heterocycles. The molecule has 0 radical (unpaired) electrons. The van der Waals surface area contributed by atoms with Crippen molar-refractivity contribution in [3.63, 3.8) is 0 Å². The maximum absolute atomic E-state index is 4.72. The molecule has 2 fully saturated rings. The van der Waals surface area contributed by atoms with Crippen LogP contribution >= 0.6 is 0 Å². The average molecular weight is 361 g/mol. The van der Waals surface area contributed by atoms with Crippen LogP contribution in [-0.2, 0) is 0 Å². The fourth-order valence-corrected chi connectivity index (χ4v) is 4.21. The van der Waals surface area contributed by atoms with Crippen molar-refractivity contribution < 1.29 is 0 Å². The summed E-state index contributed by atoms with van der Waals surface area (Å²) in [6.45, 7) is 2.17. The molecule has 1 saturated carbocycles. The van der Waals surface area contributed by atoms with E-state index in [1.54, 1.807) is 10.7 Å². The molecule has 4 aromatic rings. The topological polar surface area (TPSA) is 96.5 Å². The number of rotatable bonds is 4. The molecule has 0 spiro atoms. The minimum atomic E-state index is 0.481. The number of hydrogen-bond acceptors (Lipinski definition) is 7. The van der Waals surface area contributed by atoms with Gasteiger partial charge in [-0.1, -0.05) is 0 Å². The Kier molecular flexibility index (Phi) is 2.98. The number of aromatic nitrogens is 6. The second-order valence-electron chi connectivity index (χ2n) is 7.16. The molecule has 0 aromatic carbocycles. The van der Waals surface area contributed by atoms with Crippen molar-refractivity contribution in [2.75, 3.05) is 30.8 Å². The SMILES string of the molecule is CNc1nc(NC2[C@H]3CNC[C@@H]23)nn2ccc(-c3ccn4nccc4n3)c12. The van der Waals surface area contributed by atoms with Crippen LogP contribution in [0.5, 0.6) is 0 Å². The summed E-state index contributed by atoms with van der Waals surface area (Å²) >= 11 is 0. The third-order valence-corrected chi connectivity index (χ3v) is 5.67. The lowest BCUT2D eigenvalue weighted by molar-refractivity contribution is 0.691. The van der Waals surface area contributed by atoms with Crippen molar-refractivity contribution in [2.24, 2.45) is 11.8 Å². The number of fused-ring (bicyclic) bond motifs is 3. The van der Waals surface area contributed by atoms with Crippen molar-refractivity contribution in [3.05, 3.63) is 36.8 Å². The van der Waals surface area contributed by atoms with E-state index in [9.17, 15) is 0 Å². The van der Waals surface area contributed by atoms with E-state index in [0.717, 1.165) is 41.3 Å². The standard InChI is InChI=1S/C18H19N9/c1-19-17-16-10(13-4-7-26-14(22-13)2-5-21-26)3-6-27(16)25-18(24-17)23-15-11-8-20-9-12(11)15/h2-7,11-12,15,20H,8-9H2,1H3,(H2,19,23,24,25)/t11-,12+,15?. The van der Waals surface area contributed by atoms with Gasteiger partial charge < -0.3 is 16.0 Å². The Balaban J connectivity index is 1.41. The predicted octanol–water partition coefficient (Wildman–Crippen LogP) is 1.11. The van der Waals surface area contributed by atoms with Gasteiger partial charge in [-0.15, -0.1) is 5.10 Å². The van der Waals surface area contributed by atoms with Crippen LogP contribution in [0.1, 0.15) is 0 Å². The summed E-state index contributed by atoms with van der Waals surface area (Å²) in [5.41, 5.74) is 3.58. The highest BCUT2D eigenvalue weighted by Gasteiger charge is 2.53. The molecule has 9 nitrogen and oxygen atoms in total. The van der Waals surface area contributed by atoms with Crippen molar-refractivity contribution in [1.82, 2.24) is 34.5 Å². The fraction of sp³-hybridized carbons (Fsp3) is 0.333. The van der Waals surface area contributed by atoms with E-state index in [1.165, 1.54) is 0 Å². The summed E-state index contributed by atoms with van der Waals surface area (Å²) < 4.78 is 3.62. The smallest absolute Gasteiger partial charge is 0.243 e. The zero-order valence-electron chi connectivity index (χ0n) is 14.8. The lowest BCUT2D eigenvalue weighted by atomic mass is 10.2. The van der Waals surface area contributed by atoms with Crippen LogP contribution < -0.4 is 16.0 Å². The summed E-state index contributed by atoms with van der Waals surface area (Å²) in [6, 6.07) is 6.36. The molecule has 3 atom stereocenters. The van der Waals surface area contributed by atoms with Gasteiger partial charge in [-0.3, -0.25) is 0 Å². The van der Waals surface area contributed by atoms with Crippen molar-refractivity contribution in [2.45, 2.75) is 6.04 Å². The van der Waals surface area contributed by atoms with E-state index in [2.05, 4.69) is 26.1 Å². The Morgan fingerprint density at radius 2 is 1.93 bits per heavy atom. The third-order valence-electron chi connectivity index (χ3n) is 5.67. The highest BCUT2D eigenvalue weighted by Crippen LogP contribution is 2.43. The van der Waals surface area contributed by atoms with Crippen molar-refractivity contribution in [1.29, 1.82) is 0 Å². The molecule has 1 aliphatic carbocycles. The lowest BCUT2D eigenvalue weighted by Gasteiger charge is -2.11. The summed E-state index contributed by atoms with van der Waals surface area (Å²) in [5.74, 6) is 2.85. The summed E-state index contributed by atoms with van der Waals surface area (Å²) in [7, 11) is 1.88. The van der Waals surface area contributed by atoms with E-state index in [1.807, 2.05) is 42.2 Å².